The summed E-state index contributed by atoms with van der Waals surface area (Å²) in [4.78, 5) is 23.6. The van der Waals surface area contributed by atoms with Crippen LogP contribution in [0.25, 0.3) is 0 Å². The lowest BCUT2D eigenvalue weighted by atomic mass is 9.76. The molecule has 0 unspecified atom stereocenters. The molecule has 33 heavy (non-hydrogen) atoms. The summed E-state index contributed by atoms with van der Waals surface area (Å²) in [5.74, 6) is 2.46. The van der Waals surface area contributed by atoms with Crippen molar-refractivity contribution in [3.63, 3.8) is 0 Å². The second kappa shape index (κ2) is 9.85. The fraction of sp³-hybridized carbons (Fsp3) is 0.360. The summed E-state index contributed by atoms with van der Waals surface area (Å²) in [6.07, 6.45) is 1.90. The maximum atomic E-state index is 12.9. The molecule has 5 rings (SSSR count). The summed E-state index contributed by atoms with van der Waals surface area (Å²) in [6.45, 7) is 3.45. The fourth-order valence-corrected chi connectivity index (χ4v) is 5.09. The number of benzene rings is 1. The Morgan fingerprint density at radius 1 is 1.12 bits per heavy atom. The monoisotopic (exact) mass is 448 g/mol. The molecule has 3 aromatic rings. The van der Waals surface area contributed by atoms with Crippen molar-refractivity contribution >= 4 is 12.3 Å². The number of hydrogen-bond donors (Lipinski definition) is 1. The molecular formula is C25H28N4O4. The van der Waals surface area contributed by atoms with E-state index in [1.807, 2.05) is 31.2 Å². The molecule has 0 radical (unpaired) electrons. The van der Waals surface area contributed by atoms with Crippen molar-refractivity contribution in [3.05, 3.63) is 81.9 Å². The number of hydrogen-bond acceptors (Lipinski definition) is 6. The smallest absolute Gasteiger partial charge is 0.290 e. The minimum atomic E-state index is -0.250. The molecule has 1 fully saturated rings. The van der Waals surface area contributed by atoms with Crippen molar-refractivity contribution in [1.82, 2.24) is 14.8 Å². The van der Waals surface area contributed by atoms with Crippen LogP contribution in [-0.2, 0) is 11.2 Å². The van der Waals surface area contributed by atoms with Crippen LogP contribution < -0.4 is 15.2 Å². The van der Waals surface area contributed by atoms with Crippen molar-refractivity contribution in [2.75, 3.05) is 25.1 Å². The third kappa shape index (κ3) is 4.74. The van der Waals surface area contributed by atoms with Crippen LogP contribution in [0.5, 0.6) is 5.75 Å². The summed E-state index contributed by atoms with van der Waals surface area (Å²) in [7, 11) is 1.69. The van der Waals surface area contributed by atoms with Crippen LogP contribution in [0, 0.1) is 12.8 Å². The Labute approximate surface area is 192 Å². The Morgan fingerprint density at radius 3 is 2.64 bits per heavy atom. The molecular weight excluding hydrogens is 420 g/mol. The lowest BCUT2D eigenvalue weighted by Gasteiger charge is -2.47. The first-order chi connectivity index (χ1) is 16.0. The number of carbonyl (C=O) groups is 1. The zero-order chi connectivity index (χ0) is 23.4. The summed E-state index contributed by atoms with van der Waals surface area (Å²) in [5.41, 5.74) is 3.34. The quantitative estimate of drug-likeness (QED) is 0.613. The van der Waals surface area contributed by atoms with E-state index in [4.69, 9.17) is 14.6 Å². The Morgan fingerprint density at radius 2 is 1.91 bits per heavy atom. The van der Waals surface area contributed by atoms with E-state index < -0.39 is 0 Å². The molecule has 0 aliphatic carbocycles. The zero-order valence-corrected chi connectivity index (χ0v) is 18.8. The van der Waals surface area contributed by atoms with Crippen molar-refractivity contribution in [2.45, 2.75) is 31.7 Å². The van der Waals surface area contributed by atoms with Gasteiger partial charge in [-0.1, -0.05) is 18.2 Å². The van der Waals surface area contributed by atoms with Gasteiger partial charge in [0.2, 0.25) is 0 Å². The highest BCUT2D eigenvalue weighted by atomic mass is 16.5. The van der Waals surface area contributed by atoms with Crippen LogP contribution in [0.15, 0.2) is 59.4 Å². The summed E-state index contributed by atoms with van der Waals surface area (Å²) >= 11 is 0. The lowest BCUT2D eigenvalue weighted by molar-refractivity contribution is -0.122. The van der Waals surface area contributed by atoms with E-state index in [1.54, 1.807) is 13.2 Å². The number of carboxylic acid groups (broad SMARTS) is 1. The summed E-state index contributed by atoms with van der Waals surface area (Å²) < 4.78 is 7.46. The molecule has 2 aliphatic rings. The highest BCUT2D eigenvalue weighted by molar-refractivity contribution is 5.40. The van der Waals surface area contributed by atoms with Gasteiger partial charge in [0, 0.05) is 36.8 Å². The normalized spacial score (nSPS) is 20.8. The second-order valence-electron chi connectivity index (χ2n) is 8.52. The first-order valence-corrected chi connectivity index (χ1v) is 11.0. The number of anilines is 1. The first-order valence-electron chi connectivity index (χ1n) is 11.0. The van der Waals surface area contributed by atoms with Crippen molar-refractivity contribution in [1.29, 1.82) is 0 Å². The number of aryl methyl sites for hydroxylation is 1. The van der Waals surface area contributed by atoms with Gasteiger partial charge >= 0.3 is 0 Å². The Balaban J connectivity index is 0.000000821. The highest BCUT2D eigenvalue weighted by Crippen LogP contribution is 2.43. The number of aromatic nitrogens is 3. The fourth-order valence-electron chi connectivity index (χ4n) is 5.09. The van der Waals surface area contributed by atoms with Crippen molar-refractivity contribution < 1.29 is 14.6 Å². The SMILES string of the molecule is COc1cccc(C[C@H]2[C@H]3C[C@H](CN(c4ccc(C)nn4)C3)c3cccc(=O)n32)c1.O=CO. The maximum Gasteiger partial charge on any atom is 0.290 e. The van der Waals surface area contributed by atoms with E-state index in [9.17, 15) is 4.79 Å². The van der Waals surface area contributed by atoms with Gasteiger partial charge in [0.25, 0.3) is 12.0 Å². The lowest BCUT2D eigenvalue weighted by Crippen LogP contribution is -2.50. The maximum absolute atomic E-state index is 12.9. The van der Waals surface area contributed by atoms with Crippen LogP contribution in [0.2, 0.25) is 0 Å². The molecule has 3 atom stereocenters. The van der Waals surface area contributed by atoms with E-state index in [0.717, 1.165) is 48.9 Å². The number of piperidine rings is 1. The van der Waals surface area contributed by atoms with Gasteiger partial charge in [-0.2, -0.15) is 5.10 Å². The number of nitrogens with zero attached hydrogens (tertiary/aromatic N) is 4. The summed E-state index contributed by atoms with van der Waals surface area (Å²) in [5, 5.41) is 15.6. The van der Waals surface area contributed by atoms with Crippen LogP contribution in [-0.4, -0.2) is 46.5 Å². The molecule has 8 heteroatoms. The molecule has 1 aromatic carbocycles. The molecule has 1 saturated heterocycles. The summed E-state index contributed by atoms with van der Waals surface area (Å²) in [6, 6.07) is 18.0. The molecule has 0 amide bonds. The van der Waals surface area contributed by atoms with Gasteiger partial charge in [-0.15, -0.1) is 5.10 Å². The third-order valence-corrected chi connectivity index (χ3v) is 6.49. The average Bonchev–Trinajstić information content (AvgIpc) is 2.83. The van der Waals surface area contributed by atoms with Crippen LogP contribution >= 0.6 is 0 Å². The van der Waals surface area contributed by atoms with Gasteiger partial charge in [-0.05, 0) is 61.6 Å². The molecule has 172 valence electrons. The standard InChI is InChI=1S/C24H26N4O2.CH2O2/c1-16-9-10-23(26-25-16)27-14-18-13-19(15-27)22(28-21(18)7-4-8-24(28)29)12-17-5-3-6-20(11-17)30-2;2-1-3/h3-11,18-19,22H,12-15H2,1-2H3;1H,(H,2,3)/t18-,19+,22+;/m1./s1. The molecule has 2 aromatic heterocycles. The van der Waals surface area contributed by atoms with Gasteiger partial charge in [-0.25, -0.2) is 0 Å². The van der Waals surface area contributed by atoms with Crippen molar-refractivity contribution in [3.8, 4) is 5.75 Å². The number of methoxy groups -OCH3 is 1. The first kappa shape index (κ1) is 22.5. The van der Waals surface area contributed by atoms with Crippen LogP contribution in [0.3, 0.4) is 0 Å². The predicted octanol–water partition coefficient (Wildman–Crippen LogP) is 3.06. The minimum Gasteiger partial charge on any atom is -0.497 e. The Bertz CT molecular complexity index is 1160. The number of ether oxygens (including phenoxy) is 1. The largest absolute Gasteiger partial charge is 0.497 e. The topological polar surface area (TPSA) is 97.5 Å². The van der Waals surface area contributed by atoms with E-state index in [-0.39, 0.29) is 18.1 Å². The Hall–Kier alpha value is -3.68. The molecule has 8 nitrogen and oxygen atoms in total. The molecule has 4 heterocycles. The van der Waals surface area contributed by atoms with Gasteiger partial charge in [0.1, 0.15) is 5.75 Å². The molecule has 1 N–H and O–H groups in total. The second-order valence-corrected chi connectivity index (χ2v) is 8.52. The van der Waals surface area contributed by atoms with Gasteiger partial charge in [0.15, 0.2) is 5.82 Å². The zero-order valence-electron chi connectivity index (χ0n) is 18.8. The number of fused-ring (bicyclic) bond motifs is 4. The Kier molecular flexibility index (Phi) is 6.72. The van der Waals surface area contributed by atoms with Gasteiger partial charge in [-0.3, -0.25) is 9.59 Å². The molecule has 2 aliphatic heterocycles. The van der Waals surface area contributed by atoms with E-state index in [1.165, 1.54) is 5.56 Å². The van der Waals surface area contributed by atoms with Gasteiger partial charge in [0.05, 0.1) is 12.8 Å². The third-order valence-electron chi connectivity index (χ3n) is 6.49. The van der Waals surface area contributed by atoms with E-state index in [0.29, 0.717) is 11.8 Å². The minimum absolute atomic E-state index is 0.0960. The molecule has 2 bridgehead atoms. The average molecular weight is 449 g/mol. The number of pyridine rings is 1. The number of rotatable bonds is 4. The van der Waals surface area contributed by atoms with Crippen molar-refractivity contribution in [2.24, 2.45) is 5.92 Å². The van der Waals surface area contributed by atoms with Crippen LogP contribution in [0.4, 0.5) is 5.82 Å². The van der Waals surface area contributed by atoms with E-state index >= 15 is 0 Å². The van der Waals surface area contributed by atoms with Gasteiger partial charge < -0.3 is 19.3 Å². The van der Waals surface area contributed by atoms with E-state index in [2.05, 4.69) is 43.9 Å². The van der Waals surface area contributed by atoms with Crippen LogP contribution in [0.1, 0.15) is 35.3 Å². The molecule has 0 spiro atoms. The highest BCUT2D eigenvalue weighted by Gasteiger charge is 2.40. The molecule has 0 saturated carbocycles. The predicted molar refractivity (Wildman–Crippen MR) is 125 cm³/mol.